The lowest BCUT2D eigenvalue weighted by Crippen LogP contribution is -2.35. The summed E-state index contributed by atoms with van der Waals surface area (Å²) in [5.74, 6) is 1.44. The highest BCUT2D eigenvalue weighted by atomic mass is 32.2. The zero-order valence-electron chi connectivity index (χ0n) is 18.2. The third-order valence-electron chi connectivity index (χ3n) is 5.80. The van der Waals surface area contributed by atoms with Gasteiger partial charge >= 0.3 is 0 Å². The molecule has 3 aromatic rings. The maximum atomic E-state index is 12.0. The number of nitrogens with one attached hydrogen (secondary N) is 1. The lowest BCUT2D eigenvalue weighted by atomic mass is 9.85. The summed E-state index contributed by atoms with van der Waals surface area (Å²) in [6.07, 6.45) is 5.31. The van der Waals surface area contributed by atoms with Crippen LogP contribution in [0.1, 0.15) is 39.0 Å². The Morgan fingerprint density at radius 3 is 2.35 bits per heavy atom. The number of amides is 1. The monoisotopic (exact) mass is 433 g/mol. The SMILES string of the molecule is CCCn1c(SCCCNC(=O)C2CCC2)nc(-c2ccccc2)c1-c1ccccc1. The Balaban J connectivity index is 1.52. The molecule has 162 valence electrons. The van der Waals surface area contributed by atoms with E-state index in [0.717, 1.165) is 60.9 Å². The number of thioether (sulfide) groups is 1. The molecule has 0 spiro atoms. The third-order valence-corrected chi connectivity index (χ3v) is 6.86. The minimum atomic E-state index is 0.237. The van der Waals surface area contributed by atoms with E-state index in [9.17, 15) is 4.79 Å². The zero-order valence-corrected chi connectivity index (χ0v) is 19.0. The van der Waals surface area contributed by atoms with Crippen LogP contribution in [0.2, 0.25) is 0 Å². The van der Waals surface area contributed by atoms with Gasteiger partial charge < -0.3 is 9.88 Å². The summed E-state index contributed by atoms with van der Waals surface area (Å²) in [7, 11) is 0. The number of hydrogen-bond donors (Lipinski definition) is 1. The van der Waals surface area contributed by atoms with Crippen LogP contribution in [0.3, 0.4) is 0 Å². The number of hydrogen-bond acceptors (Lipinski definition) is 3. The number of carbonyl (C=O) groups is 1. The van der Waals surface area contributed by atoms with E-state index in [1.54, 1.807) is 11.8 Å². The second kappa shape index (κ2) is 10.7. The largest absolute Gasteiger partial charge is 0.356 e. The minimum absolute atomic E-state index is 0.237. The van der Waals surface area contributed by atoms with Gasteiger partial charge in [-0.2, -0.15) is 0 Å². The van der Waals surface area contributed by atoms with Crippen molar-refractivity contribution in [2.45, 2.75) is 50.7 Å². The van der Waals surface area contributed by atoms with E-state index in [2.05, 4.69) is 71.4 Å². The average molecular weight is 434 g/mol. The van der Waals surface area contributed by atoms with Gasteiger partial charge in [-0.3, -0.25) is 4.79 Å². The Hall–Kier alpha value is -2.53. The van der Waals surface area contributed by atoms with Gasteiger partial charge in [0.25, 0.3) is 0 Å². The number of aromatic nitrogens is 2. The molecular formula is C26H31N3OS. The van der Waals surface area contributed by atoms with E-state index in [1.807, 2.05) is 6.07 Å². The Morgan fingerprint density at radius 1 is 1.06 bits per heavy atom. The average Bonchev–Trinajstić information content (AvgIpc) is 3.12. The van der Waals surface area contributed by atoms with Crippen molar-refractivity contribution in [2.75, 3.05) is 12.3 Å². The maximum Gasteiger partial charge on any atom is 0.223 e. The molecule has 1 heterocycles. The molecule has 0 radical (unpaired) electrons. The van der Waals surface area contributed by atoms with Crippen LogP contribution in [0.25, 0.3) is 22.5 Å². The van der Waals surface area contributed by atoms with Crippen molar-refractivity contribution in [3.8, 4) is 22.5 Å². The summed E-state index contributed by atoms with van der Waals surface area (Å²) in [5.41, 5.74) is 4.57. The van der Waals surface area contributed by atoms with Gasteiger partial charge in [-0.25, -0.2) is 4.98 Å². The molecule has 5 heteroatoms. The second-order valence-corrected chi connectivity index (χ2v) is 9.16. The molecule has 1 fully saturated rings. The Labute approximate surface area is 189 Å². The van der Waals surface area contributed by atoms with E-state index >= 15 is 0 Å². The number of imidazole rings is 1. The lowest BCUT2D eigenvalue weighted by Gasteiger charge is -2.23. The fourth-order valence-electron chi connectivity index (χ4n) is 3.92. The summed E-state index contributed by atoms with van der Waals surface area (Å²) in [5, 5.41) is 4.16. The van der Waals surface area contributed by atoms with Crippen molar-refractivity contribution in [3.05, 3.63) is 60.7 Å². The second-order valence-electron chi connectivity index (χ2n) is 8.10. The lowest BCUT2D eigenvalue weighted by molar-refractivity contribution is -0.127. The molecule has 1 amide bonds. The van der Waals surface area contributed by atoms with E-state index in [1.165, 1.54) is 17.7 Å². The van der Waals surface area contributed by atoms with E-state index in [4.69, 9.17) is 4.98 Å². The molecule has 2 aromatic carbocycles. The van der Waals surface area contributed by atoms with Crippen molar-refractivity contribution in [1.29, 1.82) is 0 Å². The number of rotatable bonds is 10. The summed E-state index contributed by atoms with van der Waals surface area (Å²) >= 11 is 1.79. The van der Waals surface area contributed by atoms with E-state index in [-0.39, 0.29) is 11.8 Å². The Morgan fingerprint density at radius 2 is 1.74 bits per heavy atom. The molecule has 1 N–H and O–H groups in total. The standard InChI is InChI=1S/C26H31N3OS/c1-2-18-29-24(21-13-7-4-8-14-21)23(20-11-5-3-6-12-20)28-26(29)31-19-10-17-27-25(30)22-15-9-16-22/h3-8,11-14,22H,2,9-10,15-19H2,1H3,(H,27,30). The summed E-state index contributed by atoms with van der Waals surface area (Å²) in [6.45, 7) is 3.89. The molecule has 0 bridgehead atoms. The van der Waals surface area contributed by atoms with Crippen molar-refractivity contribution in [3.63, 3.8) is 0 Å². The molecule has 0 unspecified atom stereocenters. The molecule has 0 aliphatic heterocycles. The van der Waals surface area contributed by atoms with Crippen LogP contribution in [0.5, 0.6) is 0 Å². The van der Waals surface area contributed by atoms with Gasteiger partial charge in [-0.05, 0) is 25.7 Å². The molecule has 1 saturated carbocycles. The molecule has 4 nitrogen and oxygen atoms in total. The highest BCUT2D eigenvalue weighted by Crippen LogP contribution is 2.36. The summed E-state index contributed by atoms with van der Waals surface area (Å²) in [4.78, 5) is 17.1. The quantitative estimate of drug-likeness (QED) is 0.314. The van der Waals surface area contributed by atoms with Gasteiger partial charge in [-0.15, -0.1) is 0 Å². The smallest absolute Gasteiger partial charge is 0.223 e. The van der Waals surface area contributed by atoms with Gasteiger partial charge in [0, 0.05) is 35.9 Å². The molecular weight excluding hydrogens is 402 g/mol. The molecule has 1 aliphatic carbocycles. The van der Waals surface area contributed by atoms with Gasteiger partial charge in [0.15, 0.2) is 5.16 Å². The topological polar surface area (TPSA) is 46.9 Å². The van der Waals surface area contributed by atoms with Crippen LogP contribution in [0.15, 0.2) is 65.8 Å². The Bertz CT molecular complexity index is 981. The predicted molar refractivity (Wildman–Crippen MR) is 129 cm³/mol. The molecule has 1 aliphatic rings. The van der Waals surface area contributed by atoms with Crippen molar-refractivity contribution in [1.82, 2.24) is 14.9 Å². The fourth-order valence-corrected chi connectivity index (χ4v) is 4.89. The zero-order chi connectivity index (χ0) is 21.5. The molecule has 0 atom stereocenters. The molecule has 31 heavy (non-hydrogen) atoms. The van der Waals surface area contributed by atoms with Crippen molar-refractivity contribution >= 4 is 17.7 Å². The fraction of sp³-hybridized carbons (Fsp3) is 0.385. The van der Waals surface area contributed by atoms with Crippen LogP contribution in [-0.4, -0.2) is 27.8 Å². The first-order valence-electron chi connectivity index (χ1n) is 11.4. The minimum Gasteiger partial charge on any atom is -0.356 e. The first-order chi connectivity index (χ1) is 15.3. The van der Waals surface area contributed by atoms with Crippen LogP contribution in [-0.2, 0) is 11.3 Å². The maximum absolute atomic E-state index is 12.0. The number of benzene rings is 2. The number of carbonyl (C=O) groups excluding carboxylic acids is 1. The summed E-state index contributed by atoms with van der Waals surface area (Å²) < 4.78 is 2.37. The molecule has 4 rings (SSSR count). The normalized spacial score (nSPS) is 13.7. The first kappa shape index (κ1) is 21.7. The van der Waals surface area contributed by atoms with Crippen LogP contribution < -0.4 is 5.32 Å². The summed E-state index contributed by atoms with van der Waals surface area (Å²) in [6, 6.07) is 21.0. The first-order valence-corrected chi connectivity index (χ1v) is 12.4. The van der Waals surface area contributed by atoms with Crippen molar-refractivity contribution in [2.24, 2.45) is 5.92 Å². The molecule has 0 saturated heterocycles. The van der Waals surface area contributed by atoms with Crippen LogP contribution in [0, 0.1) is 5.92 Å². The van der Waals surface area contributed by atoms with E-state index in [0.29, 0.717) is 0 Å². The van der Waals surface area contributed by atoms with E-state index < -0.39 is 0 Å². The van der Waals surface area contributed by atoms with Crippen LogP contribution >= 0.6 is 11.8 Å². The third kappa shape index (κ3) is 5.21. The van der Waals surface area contributed by atoms with Crippen molar-refractivity contribution < 1.29 is 4.79 Å². The highest BCUT2D eigenvalue weighted by Gasteiger charge is 2.24. The predicted octanol–water partition coefficient (Wildman–Crippen LogP) is 6.03. The van der Waals surface area contributed by atoms with Gasteiger partial charge in [0.1, 0.15) is 0 Å². The van der Waals surface area contributed by atoms with Gasteiger partial charge in [-0.1, -0.05) is 85.8 Å². The number of nitrogens with zero attached hydrogens (tertiary/aromatic N) is 2. The van der Waals surface area contributed by atoms with Gasteiger partial charge in [0.05, 0.1) is 11.4 Å². The molecule has 1 aromatic heterocycles. The highest BCUT2D eigenvalue weighted by molar-refractivity contribution is 7.99. The van der Waals surface area contributed by atoms with Gasteiger partial charge in [0.2, 0.25) is 5.91 Å². The van der Waals surface area contributed by atoms with Crippen LogP contribution in [0.4, 0.5) is 0 Å². The Kier molecular flexibility index (Phi) is 7.47.